The molecule has 0 N–H and O–H groups in total. The maximum Gasteiger partial charge on any atom is 0.179 e. The fourth-order valence-corrected chi connectivity index (χ4v) is 2.99. The lowest BCUT2D eigenvalue weighted by molar-refractivity contribution is -0.169. The van der Waals surface area contributed by atoms with Crippen molar-refractivity contribution in [2.45, 2.75) is 57.7 Å². The molecule has 0 spiro atoms. The Kier molecular flexibility index (Phi) is 5.95. The Bertz CT molecular complexity index is 435. The zero-order chi connectivity index (χ0) is 15.1. The third kappa shape index (κ3) is 4.14. The lowest BCUT2D eigenvalue weighted by Gasteiger charge is -2.31. The predicted octanol–water partition coefficient (Wildman–Crippen LogP) is 4.07. The zero-order valence-electron chi connectivity index (χ0n) is 13.1. The minimum Gasteiger partial charge on any atom is -0.347 e. The average molecular weight is 290 g/mol. The normalized spacial score (nSPS) is 18.6. The minimum atomic E-state index is -0.816. The molecular formula is C18H26O3. The van der Waals surface area contributed by atoms with Gasteiger partial charge in [-0.05, 0) is 18.9 Å². The highest BCUT2D eigenvalue weighted by molar-refractivity contribution is 5.86. The molecule has 1 aromatic carbocycles. The van der Waals surface area contributed by atoms with Crippen molar-refractivity contribution in [3.05, 3.63) is 35.9 Å². The molecule has 0 radical (unpaired) electrons. The van der Waals surface area contributed by atoms with Crippen molar-refractivity contribution in [3.63, 3.8) is 0 Å². The predicted molar refractivity (Wildman–Crippen MR) is 83.3 cm³/mol. The molecule has 0 aromatic heterocycles. The highest BCUT2D eigenvalue weighted by Gasteiger charge is 2.44. The van der Waals surface area contributed by atoms with E-state index in [9.17, 15) is 4.79 Å². The van der Waals surface area contributed by atoms with Crippen molar-refractivity contribution in [2.24, 2.45) is 0 Å². The van der Waals surface area contributed by atoms with Crippen LogP contribution in [0.25, 0.3) is 0 Å². The first-order valence-corrected chi connectivity index (χ1v) is 8.03. The lowest BCUT2D eigenvalue weighted by atomic mass is 9.85. The molecule has 0 bridgehead atoms. The summed E-state index contributed by atoms with van der Waals surface area (Å²) >= 11 is 0. The molecule has 1 unspecified atom stereocenters. The summed E-state index contributed by atoms with van der Waals surface area (Å²) in [7, 11) is 0. The van der Waals surface area contributed by atoms with E-state index in [1.54, 1.807) is 0 Å². The Morgan fingerprint density at radius 2 is 1.81 bits per heavy atom. The van der Waals surface area contributed by atoms with Gasteiger partial charge < -0.3 is 9.47 Å². The third-order valence-electron chi connectivity index (χ3n) is 4.12. The summed E-state index contributed by atoms with van der Waals surface area (Å²) in [5.41, 5.74) is 0.988. The number of carbonyl (C=O) groups is 1. The van der Waals surface area contributed by atoms with Crippen LogP contribution in [0.5, 0.6) is 0 Å². The maximum atomic E-state index is 12.7. The largest absolute Gasteiger partial charge is 0.347 e. The molecule has 1 aliphatic rings. The van der Waals surface area contributed by atoms with Crippen molar-refractivity contribution < 1.29 is 14.3 Å². The number of carbonyl (C=O) groups excluding carboxylic acids is 1. The fraction of sp³-hybridized carbons (Fsp3) is 0.611. The van der Waals surface area contributed by atoms with Crippen LogP contribution in [0.4, 0.5) is 0 Å². The van der Waals surface area contributed by atoms with Crippen LogP contribution in [0.15, 0.2) is 30.3 Å². The van der Waals surface area contributed by atoms with Gasteiger partial charge in [0.15, 0.2) is 5.79 Å². The summed E-state index contributed by atoms with van der Waals surface area (Å²) in [6.07, 6.45) is 5.03. The van der Waals surface area contributed by atoms with Crippen molar-refractivity contribution in [3.8, 4) is 0 Å². The van der Waals surface area contributed by atoms with Gasteiger partial charge in [-0.2, -0.15) is 0 Å². The molecule has 0 saturated carbocycles. The van der Waals surface area contributed by atoms with Gasteiger partial charge in [-0.3, -0.25) is 4.79 Å². The molecule has 0 amide bonds. The quantitative estimate of drug-likeness (QED) is 0.677. The van der Waals surface area contributed by atoms with E-state index in [2.05, 4.69) is 6.92 Å². The number of Topliss-reactive ketones (excluding diaryl/α,β-unsaturated/α-hetero) is 1. The first-order chi connectivity index (χ1) is 10.2. The average Bonchev–Trinajstić information content (AvgIpc) is 2.92. The summed E-state index contributed by atoms with van der Waals surface area (Å²) in [5, 5.41) is 0. The SMILES string of the molecule is CCCCCCC(=O)C(c1ccccc1)C1(C)OCCO1. The van der Waals surface area contributed by atoms with E-state index >= 15 is 0 Å². The van der Waals surface area contributed by atoms with Gasteiger partial charge in [0.2, 0.25) is 0 Å². The first-order valence-electron chi connectivity index (χ1n) is 8.03. The molecular weight excluding hydrogens is 264 g/mol. The van der Waals surface area contributed by atoms with Crippen LogP contribution in [0.3, 0.4) is 0 Å². The monoisotopic (exact) mass is 290 g/mol. The number of ketones is 1. The van der Waals surface area contributed by atoms with Gasteiger partial charge in [0.25, 0.3) is 0 Å². The van der Waals surface area contributed by atoms with Crippen LogP contribution in [0.2, 0.25) is 0 Å². The van der Waals surface area contributed by atoms with Crippen LogP contribution in [0, 0.1) is 0 Å². The molecule has 116 valence electrons. The topological polar surface area (TPSA) is 35.5 Å². The smallest absolute Gasteiger partial charge is 0.179 e. The summed E-state index contributed by atoms with van der Waals surface area (Å²) in [4.78, 5) is 12.7. The molecule has 1 aromatic rings. The molecule has 1 saturated heterocycles. The van der Waals surface area contributed by atoms with E-state index in [0.29, 0.717) is 19.6 Å². The van der Waals surface area contributed by atoms with Crippen molar-refractivity contribution in [1.82, 2.24) is 0 Å². The molecule has 2 rings (SSSR count). The standard InChI is InChI=1S/C18H26O3/c1-3-4-5-9-12-16(19)17(15-10-7-6-8-11-15)18(2)20-13-14-21-18/h6-8,10-11,17H,3-5,9,12-14H2,1-2H3. The third-order valence-corrected chi connectivity index (χ3v) is 4.12. The Balaban J connectivity index is 2.10. The van der Waals surface area contributed by atoms with Crippen LogP contribution in [0.1, 0.15) is 57.4 Å². The highest BCUT2D eigenvalue weighted by Crippen LogP contribution is 2.37. The number of hydrogen-bond donors (Lipinski definition) is 0. The number of unbranched alkanes of at least 4 members (excludes halogenated alkanes) is 3. The molecule has 1 aliphatic heterocycles. The molecule has 1 atom stereocenters. The molecule has 1 heterocycles. The Morgan fingerprint density at radius 3 is 2.43 bits per heavy atom. The number of benzene rings is 1. The van der Waals surface area contributed by atoms with Gasteiger partial charge in [0.05, 0.1) is 19.1 Å². The van der Waals surface area contributed by atoms with Gasteiger partial charge in [0.1, 0.15) is 5.78 Å². The molecule has 1 fully saturated rings. The molecule has 3 nitrogen and oxygen atoms in total. The second kappa shape index (κ2) is 7.71. The van der Waals surface area contributed by atoms with Crippen LogP contribution in [-0.4, -0.2) is 24.8 Å². The van der Waals surface area contributed by atoms with Gasteiger partial charge >= 0.3 is 0 Å². The first kappa shape index (κ1) is 16.2. The van der Waals surface area contributed by atoms with Crippen LogP contribution in [-0.2, 0) is 14.3 Å². The lowest BCUT2D eigenvalue weighted by Crippen LogP contribution is -2.39. The van der Waals surface area contributed by atoms with Gasteiger partial charge in [-0.1, -0.05) is 56.5 Å². The number of hydrogen-bond acceptors (Lipinski definition) is 3. The summed E-state index contributed by atoms with van der Waals surface area (Å²) in [6.45, 7) is 5.18. The Labute approximate surface area is 127 Å². The van der Waals surface area contributed by atoms with Gasteiger partial charge in [-0.25, -0.2) is 0 Å². The van der Waals surface area contributed by atoms with E-state index < -0.39 is 5.79 Å². The van der Waals surface area contributed by atoms with E-state index in [0.717, 1.165) is 18.4 Å². The Hall–Kier alpha value is -1.19. The fourth-order valence-electron chi connectivity index (χ4n) is 2.99. The zero-order valence-corrected chi connectivity index (χ0v) is 13.1. The van der Waals surface area contributed by atoms with Crippen molar-refractivity contribution >= 4 is 5.78 Å². The highest BCUT2D eigenvalue weighted by atomic mass is 16.7. The number of rotatable bonds is 8. The minimum absolute atomic E-state index is 0.224. The van der Waals surface area contributed by atoms with Gasteiger partial charge in [0, 0.05) is 6.42 Å². The number of ether oxygens (including phenoxy) is 2. The van der Waals surface area contributed by atoms with E-state index in [1.165, 1.54) is 12.8 Å². The van der Waals surface area contributed by atoms with Crippen LogP contribution >= 0.6 is 0 Å². The second-order valence-electron chi connectivity index (χ2n) is 5.83. The van der Waals surface area contributed by atoms with E-state index in [-0.39, 0.29) is 11.7 Å². The summed E-state index contributed by atoms with van der Waals surface area (Å²) in [6, 6.07) is 9.87. The Morgan fingerprint density at radius 1 is 1.14 bits per heavy atom. The summed E-state index contributed by atoms with van der Waals surface area (Å²) in [5.74, 6) is -0.923. The second-order valence-corrected chi connectivity index (χ2v) is 5.83. The van der Waals surface area contributed by atoms with Gasteiger partial charge in [-0.15, -0.1) is 0 Å². The maximum absolute atomic E-state index is 12.7. The molecule has 0 aliphatic carbocycles. The van der Waals surface area contributed by atoms with Crippen LogP contribution < -0.4 is 0 Å². The summed E-state index contributed by atoms with van der Waals surface area (Å²) < 4.78 is 11.5. The van der Waals surface area contributed by atoms with E-state index in [1.807, 2.05) is 37.3 Å². The van der Waals surface area contributed by atoms with Crippen molar-refractivity contribution in [1.29, 1.82) is 0 Å². The molecule has 3 heteroatoms. The van der Waals surface area contributed by atoms with Crippen molar-refractivity contribution in [2.75, 3.05) is 13.2 Å². The van der Waals surface area contributed by atoms with E-state index in [4.69, 9.17) is 9.47 Å². The molecule has 21 heavy (non-hydrogen) atoms.